The Bertz CT molecular complexity index is 589. The van der Waals surface area contributed by atoms with Crippen molar-refractivity contribution in [1.29, 1.82) is 0 Å². The molecule has 0 bridgehead atoms. The minimum Gasteiger partial charge on any atom is -0.494 e. The van der Waals surface area contributed by atoms with Gasteiger partial charge in [0.25, 0.3) is 0 Å². The Morgan fingerprint density at radius 1 is 0.952 bits per heavy atom. The van der Waals surface area contributed by atoms with Crippen molar-refractivity contribution >= 4 is 5.69 Å². The van der Waals surface area contributed by atoms with Crippen LogP contribution in [0.1, 0.15) is 0 Å². The lowest BCUT2D eigenvalue weighted by Crippen LogP contribution is -2.12. The van der Waals surface area contributed by atoms with Crippen molar-refractivity contribution in [2.75, 3.05) is 32.7 Å². The number of ether oxygens (including phenoxy) is 3. The summed E-state index contributed by atoms with van der Waals surface area (Å²) in [5, 5.41) is 3.08. The largest absolute Gasteiger partial charge is 0.494 e. The molecule has 0 atom stereocenters. The summed E-state index contributed by atoms with van der Waals surface area (Å²) in [5.41, 5.74) is 0.678. The van der Waals surface area contributed by atoms with Crippen LogP contribution in [0.2, 0.25) is 0 Å². The van der Waals surface area contributed by atoms with Gasteiger partial charge in [-0.2, -0.15) is 0 Å². The Labute approximate surface area is 123 Å². The van der Waals surface area contributed by atoms with Crippen molar-refractivity contribution in [1.82, 2.24) is 0 Å². The first-order chi connectivity index (χ1) is 10.2. The van der Waals surface area contributed by atoms with Crippen LogP contribution in [0.3, 0.4) is 0 Å². The van der Waals surface area contributed by atoms with Gasteiger partial charge in [-0.3, -0.25) is 0 Å². The molecule has 0 heterocycles. The molecule has 0 aliphatic heterocycles. The molecule has 0 saturated heterocycles. The van der Waals surface area contributed by atoms with E-state index in [-0.39, 0.29) is 5.75 Å². The molecule has 2 aromatic carbocycles. The molecule has 0 saturated carbocycles. The van der Waals surface area contributed by atoms with Crippen LogP contribution in [0.15, 0.2) is 42.5 Å². The number of methoxy groups -OCH3 is 2. The van der Waals surface area contributed by atoms with Crippen LogP contribution in [-0.2, 0) is 0 Å². The van der Waals surface area contributed by atoms with Gasteiger partial charge < -0.3 is 19.5 Å². The van der Waals surface area contributed by atoms with Crippen molar-refractivity contribution in [3.05, 3.63) is 48.3 Å². The van der Waals surface area contributed by atoms with E-state index >= 15 is 0 Å². The fourth-order valence-electron chi connectivity index (χ4n) is 1.87. The highest BCUT2D eigenvalue weighted by Crippen LogP contribution is 2.25. The molecule has 0 aliphatic rings. The monoisotopic (exact) mass is 291 g/mol. The molecule has 0 fully saturated rings. The highest BCUT2D eigenvalue weighted by atomic mass is 19.1. The second-order valence-electron chi connectivity index (χ2n) is 4.28. The average Bonchev–Trinajstić information content (AvgIpc) is 2.52. The van der Waals surface area contributed by atoms with Gasteiger partial charge in [-0.1, -0.05) is 12.1 Å². The lowest BCUT2D eigenvalue weighted by molar-refractivity contribution is 0.306. The number of hydrogen-bond donors (Lipinski definition) is 1. The first-order valence-corrected chi connectivity index (χ1v) is 6.58. The van der Waals surface area contributed by atoms with Gasteiger partial charge in [0.2, 0.25) is 0 Å². The molecule has 0 aromatic heterocycles. The molecule has 4 nitrogen and oxygen atoms in total. The number of rotatable bonds is 7. The molecule has 2 aromatic rings. The summed E-state index contributed by atoms with van der Waals surface area (Å²) >= 11 is 0. The van der Waals surface area contributed by atoms with Gasteiger partial charge >= 0.3 is 0 Å². The van der Waals surface area contributed by atoms with Crippen molar-refractivity contribution in [2.24, 2.45) is 0 Å². The van der Waals surface area contributed by atoms with Gasteiger partial charge in [0, 0.05) is 18.3 Å². The number of anilines is 1. The third kappa shape index (κ3) is 4.02. The first kappa shape index (κ1) is 15.0. The van der Waals surface area contributed by atoms with E-state index in [4.69, 9.17) is 14.2 Å². The zero-order valence-corrected chi connectivity index (χ0v) is 12.1. The van der Waals surface area contributed by atoms with E-state index in [1.54, 1.807) is 19.2 Å². The summed E-state index contributed by atoms with van der Waals surface area (Å²) in [6.45, 7) is 0.984. The molecule has 21 heavy (non-hydrogen) atoms. The second kappa shape index (κ2) is 7.38. The van der Waals surface area contributed by atoms with E-state index in [2.05, 4.69) is 5.32 Å². The standard InChI is InChI=1S/C16H18FNO3/c1-19-14-8-7-12(11-13(14)17)18-9-10-21-16-6-4-3-5-15(16)20-2/h3-8,11,18H,9-10H2,1-2H3. The molecule has 0 spiro atoms. The molecule has 0 aliphatic carbocycles. The number of para-hydroxylation sites is 2. The van der Waals surface area contributed by atoms with Crippen molar-refractivity contribution in [2.45, 2.75) is 0 Å². The Morgan fingerprint density at radius 2 is 1.67 bits per heavy atom. The minimum atomic E-state index is -0.395. The number of benzene rings is 2. The smallest absolute Gasteiger partial charge is 0.167 e. The third-order valence-electron chi connectivity index (χ3n) is 2.91. The Morgan fingerprint density at radius 3 is 2.33 bits per heavy atom. The van der Waals surface area contributed by atoms with E-state index in [1.165, 1.54) is 13.2 Å². The first-order valence-electron chi connectivity index (χ1n) is 6.58. The zero-order valence-electron chi connectivity index (χ0n) is 12.1. The Hall–Kier alpha value is -2.43. The third-order valence-corrected chi connectivity index (χ3v) is 2.91. The molecule has 0 radical (unpaired) electrons. The normalized spacial score (nSPS) is 10.0. The highest BCUT2D eigenvalue weighted by molar-refractivity contribution is 5.47. The summed E-state index contributed by atoms with van der Waals surface area (Å²) in [6.07, 6.45) is 0. The van der Waals surface area contributed by atoms with Gasteiger partial charge in [0.1, 0.15) is 6.61 Å². The molecule has 5 heteroatoms. The maximum Gasteiger partial charge on any atom is 0.167 e. The van der Waals surface area contributed by atoms with Crippen LogP contribution in [0.25, 0.3) is 0 Å². The van der Waals surface area contributed by atoms with Gasteiger partial charge in [0.05, 0.1) is 14.2 Å². The Balaban J connectivity index is 1.83. The van der Waals surface area contributed by atoms with Gasteiger partial charge in [-0.25, -0.2) is 4.39 Å². The van der Waals surface area contributed by atoms with Crippen molar-refractivity contribution < 1.29 is 18.6 Å². The fraction of sp³-hybridized carbons (Fsp3) is 0.250. The summed E-state index contributed by atoms with van der Waals surface area (Å²) < 4.78 is 29.2. The van der Waals surface area contributed by atoms with Gasteiger partial charge in [0.15, 0.2) is 23.1 Å². The molecule has 1 N–H and O–H groups in total. The average molecular weight is 291 g/mol. The van der Waals surface area contributed by atoms with E-state index < -0.39 is 5.82 Å². The summed E-state index contributed by atoms with van der Waals surface area (Å²) in [7, 11) is 3.03. The van der Waals surface area contributed by atoms with Gasteiger partial charge in [-0.05, 0) is 24.3 Å². The van der Waals surface area contributed by atoms with Crippen molar-refractivity contribution in [3.63, 3.8) is 0 Å². The summed E-state index contributed by atoms with van der Waals surface area (Å²) in [5.74, 6) is 1.20. The number of hydrogen-bond acceptors (Lipinski definition) is 4. The molecule has 0 unspecified atom stereocenters. The maximum absolute atomic E-state index is 13.5. The lowest BCUT2D eigenvalue weighted by Gasteiger charge is -2.11. The van der Waals surface area contributed by atoms with E-state index in [0.29, 0.717) is 30.3 Å². The van der Waals surface area contributed by atoms with Crippen LogP contribution in [-0.4, -0.2) is 27.4 Å². The quantitative estimate of drug-likeness (QED) is 0.794. The summed E-state index contributed by atoms with van der Waals surface area (Å²) in [4.78, 5) is 0. The maximum atomic E-state index is 13.5. The van der Waals surface area contributed by atoms with Crippen LogP contribution < -0.4 is 19.5 Å². The van der Waals surface area contributed by atoms with E-state index in [0.717, 1.165) is 0 Å². The fourth-order valence-corrected chi connectivity index (χ4v) is 1.87. The van der Waals surface area contributed by atoms with Crippen LogP contribution in [0, 0.1) is 5.82 Å². The van der Waals surface area contributed by atoms with Crippen molar-refractivity contribution in [3.8, 4) is 17.2 Å². The minimum absolute atomic E-state index is 0.228. The zero-order chi connectivity index (χ0) is 15.1. The van der Waals surface area contributed by atoms with E-state index in [1.807, 2.05) is 24.3 Å². The molecule has 2 rings (SSSR count). The molecule has 0 amide bonds. The molecule has 112 valence electrons. The predicted molar refractivity (Wildman–Crippen MR) is 79.9 cm³/mol. The Kier molecular flexibility index (Phi) is 5.26. The van der Waals surface area contributed by atoms with Crippen LogP contribution >= 0.6 is 0 Å². The second-order valence-corrected chi connectivity index (χ2v) is 4.28. The summed E-state index contributed by atoms with van der Waals surface area (Å²) in [6, 6.07) is 12.2. The number of nitrogens with one attached hydrogen (secondary N) is 1. The lowest BCUT2D eigenvalue weighted by atomic mass is 10.3. The topological polar surface area (TPSA) is 39.7 Å². The van der Waals surface area contributed by atoms with Crippen LogP contribution in [0.4, 0.5) is 10.1 Å². The SMILES string of the molecule is COc1ccc(NCCOc2ccccc2OC)cc1F. The highest BCUT2D eigenvalue weighted by Gasteiger charge is 2.04. The number of halogens is 1. The molecular formula is C16H18FNO3. The van der Waals surface area contributed by atoms with Gasteiger partial charge in [-0.15, -0.1) is 0 Å². The predicted octanol–water partition coefficient (Wildman–Crippen LogP) is 3.33. The van der Waals surface area contributed by atoms with Crippen LogP contribution in [0.5, 0.6) is 17.2 Å². The van der Waals surface area contributed by atoms with E-state index in [9.17, 15) is 4.39 Å². The molecular weight excluding hydrogens is 273 g/mol.